The number of nitrogens with one attached hydrogen (secondary N) is 1. The number of carbonyl (C=O) groups excluding carboxylic acids is 1. The van der Waals surface area contributed by atoms with E-state index in [0.717, 1.165) is 23.0 Å². The van der Waals surface area contributed by atoms with Crippen LogP contribution >= 0.6 is 0 Å². The molecule has 116 valence electrons. The Kier molecular flexibility index (Phi) is 4.97. The van der Waals surface area contributed by atoms with Crippen molar-refractivity contribution in [3.63, 3.8) is 0 Å². The summed E-state index contributed by atoms with van der Waals surface area (Å²) in [5, 5.41) is 3.16. The molecule has 1 aliphatic rings. The topological polar surface area (TPSA) is 69.7 Å². The van der Waals surface area contributed by atoms with Crippen LogP contribution in [0, 0.1) is 6.92 Å². The van der Waals surface area contributed by atoms with E-state index in [9.17, 15) is 13.2 Å². The Balaban J connectivity index is 2.08. The zero-order valence-corrected chi connectivity index (χ0v) is 13.2. The monoisotopic (exact) mass is 311 g/mol. The first kappa shape index (κ1) is 15.9. The molecule has 6 nitrogen and oxygen atoms in total. The van der Waals surface area contributed by atoms with Crippen LogP contribution in [0.1, 0.15) is 5.56 Å². The van der Waals surface area contributed by atoms with Crippen molar-refractivity contribution in [2.24, 2.45) is 0 Å². The molecule has 0 radical (unpaired) electrons. The number of piperazine rings is 1. The van der Waals surface area contributed by atoms with Crippen molar-refractivity contribution < 1.29 is 13.2 Å². The van der Waals surface area contributed by atoms with Gasteiger partial charge in [-0.2, -0.15) is 4.31 Å². The van der Waals surface area contributed by atoms with Crippen molar-refractivity contribution in [2.45, 2.75) is 11.8 Å². The fourth-order valence-electron chi connectivity index (χ4n) is 2.25. The van der Waals surface area contributed by atoms with E-state index in [1.165, 1.54) is 7.05 Å². The molecule has 1 amide bonds. The van der Waals surface area contributed by atoms with E-state index in [-0.39, 0.29) is 17.3 Å². The van der Waals surface area contributed by atoms with Gasteiger partial charge < -0.3 is 10.2 Å². The van der Waals surface area contributed by atoms with E-state index in [4.69, 9.17) is 0 Å². The van der Waals surface area contributed by atoms with E-state index in [0.29, 0.717) is 13.1 Å². The molecule has 0 atom stereocenters. The van der Waals surface area contributed by atoms with Crippen molar-refractivity contribution in [2.75, 3.05) is 39.8 Å². The highest BCUT2D eigenvalue weighted by atomic mass is 32.2. The van der Waals surface area contributed by atoms with Gasteiger partial charge in [-0.15, -0.1) is 0 Å². The molecule has 21 heavy (non-hydrogen) atoms. The largest absolute Gasteiger partial charge is 0.339 e. The number of rotatable bonds is 4. The standard InChI is InChI=1S/C14H21N3O3S/c1-12-4-3-5-13(10-12)21(19,20)16(2)11-14(18)17-8-6-15-7-9-17/h3-5,10,15H,6-9,11H2,1-2H3. The minimum absolute atomic E-state index is 0.129. The van der Waals surface area contributed by atoms with Gasteiger partial charge in [0.05, 0.1) is 11.4 Å². The van der Waals surface area contributed by atoms with Gasteiger partial charge in [-0.1, -0.05) is 12.1 Å². The number of likely N-dealkylation sites (N-methyl/N-ethyl adjacent to an activating group) is 1. The predicted octanol–water partition coefficient (Wildman–Crippen LogP) is 0.0473. The molecule has 0 aromatic heterocycles. The van der Waals surface area contributed by atoms with Gasteiger partial charge in [-0.25, -0.2) is 8.42 Å². The van der Waals surface area contributed by atoms with Crippen molar-refractivity contribution >= 4 is 15.9 Å². The molecular formula is C14H21N3O3S. The van der Waals surface area contributed by atoms with Crippen LogP contribution in [0.5, 0.6) is 0 Å². The summed E-state index contributed by atoms with van der Waals surface area (Å²) in [6.45, 7) is 4.45. The van der Waals surface area contributed by atoms with Gasteiger partial charge in [-0.05, 0) is 24.6 Å². The minimum atomic E-state index is -3.63. The molecule has 1 saturated heterocycles. The number of aryl methyl sites for hydroxylation is 1. The lowest BCUT2D eigenvalue weighted by atomic mass is 10.2. The molecule has 1 N–H and O–H groups in total. The minimum Gasteiger partial charge on any atom is -0.339 e. The number of hydrogen-bond donors (Lipinski definition) is 1. The second-order valence-electron chi connectivity index (χ2n) is 5.21. The average molecular weight is 311 g/mol. The highest BCUT2D eigenvalue weighted by Crippen LogP contribution is 2.15. The van der Waals surface area contributed by atoms with Gasteiger partial charge in [0.1, 0.15) is 0 Å². The normalized spacial score (nSPS) is 16.2. The maximum Gasteiger partial charge on any atom is 0.243 e. The van der Waals surface area contributed by atoms with Crippen LogP contribution in [0.2, 0.25) is 0 Å². The average Bonchev–Trinajstić information content (AvgIpc) is 2.48. The lowest BCUT2D eigenvalue weighted by molar-refractivity contribution is -0.131. The van der Waals surface area contributed by atoms with Crippen molar-refractivity contribution in [3.05, 3.63) is 29.8 Å². The zero-order valence-electron chi connectivity index (χ0n) is 12.4. The summed E-state index contributed by atoms with van der Waals surface area (Å²) >= 11 is 0. The Labute approximate surface area is 125 Å². The van der Waals surface area contributed by atoms with Gasteiger partial charge in [0.25, 0.3) is 0 Å². The molecule has 0 aliphatic carbocycles. The Morgan fingerprint density at radius 2 is 2.00 bits per heavy atom. The van der Waals surface area contributed by atoms with E-state index < -0.39 is 10.0 Å². The maximum atomic E-state index is 12.4. The van der Waals surface area contributed by atoms with E-state index in [2.05, 4.69) is 5.32 Å². The lowest BCUT2D eigenvalue weighted by Gasteiger charge is -2.29. The Bertz CT molecular complexity index is 610. The molecule has 0 unspecified atom stereocenters. The quantitative estimate of drug-likeness (QED) is 0.853. The SMILES string of the molecule is Cc1cccc(S(=O)(=O)N(C)CC(=O)N2CCNCC2)c1. The summed E-state index contributed by atoms with van der Waals surface area (Å²) < 4.78 is 26.0. The first-order chi connectivity index (χ1) is 9.91. The van der Waals surface area contributed by atoms with Crippen molar-refractivity contribution in [1.82, 2.24) is 14.5 Å². The molecule has 1 fully saturated rings. The second kappa shape index (κ2) is 6.55. The number of benzene rings is 1. The van der Waals surface area contributed by atoms with Crippen LogP contribution in [0.4, 0.5) is 0 Å². The van der Waals surface area contributed by atoms with Crippen LogP contribution in [0.3, 0.4) is 0 Å². The number of nitrogens with zero attached hydrogens (tertiary/aromatic N) is 2. The van der Waals surface area contributed by atoms with Crippen molar-refractivity contribution in [1.29, 1.82) is 0 Å². The Morgan fingerprint density at radius 3 is 2.62 bits per heavy atom. The van der Waals surface area contributed by atoms with Crippen LogP contribution in [-0.2, 0) is 14.8 Å². The molecule has 1 aromatic carbocycles. The molecular weight excluding hydrogens is 290 g/mol. The third-order valence-electron chi connectivity index (χ3n) is 3.53. The van der Waals surface area contributed by atoms with Crippen LogP contribution in [0.25, 0.3) is 0 Å². The molecule has 0 bridgehead atoms. The highest BCUT2D eigenvalue weighted by Gasteiger charge is 2.25. The van der Waals surface area contributed by atoms with Crippen molar-refractivity contribution in [3.8, 4) is 0 Å². The highest BCUT2D eigenvalue weighted by molar-refractivity contribution is 7.89. The van der Waals surface area contributed by atoms with Gasteiger partial charge in [0.2, 0.25) is 15.9 Å². The predicted molar refractivity (Wildman–Crippen MR) is 80.4 cm³/mol. The zero-order chi connectivity index (χ0) is 15.5. The van der Waals surface area contributed by atoms with E-state index in [1.807, 2.05) is 13.0 Å². The second-order valence-corrected chi connectivity index (χ2v) is 7.25. The summed E-state index contributed by atoms with van der Waals surface area (Å²) in [6.07, 6.45) is 0. The summed E-state index contributed by atoms with van der Waals surface area (Å²) in [5.74, 6) is -0.157. The summed E-state index contributed by atoms with van der Waals surface area (Å²) in [7, 11) is -2.18. The van der Waals surface area contributed by atoms with Crippen LogP contribution < -0.4 is 5.32 Å². The van der Waals surface area contributed by atoms with Crippen LogP contribution in [-0.4, -0.2) is 63.3 Å². The fraction of sp³-hybridized carbons (Fsp3) is 0.500. The lowest BCUT2D eigenvalue weighted by Crippen LogP contribution is -2.49. The molecule has 1 aliphatic heterocycles. The fourth-order valence-corrected chi connectivity index (χ4v) is 3.47. The molecule has 0 spiro atoms. The number of amides is 1. The third kappa shape index (κ3) is 3.81. The maximum absolute atomic E-state index is 12.4. The summed E-state index contributed by atoms with van der Waals surface area (Å²) in [4.78, 5) is 14.1. The summed E-state index contributed by atoms with van der Waals surface area (Å²) in [6, 6.07) is 6.70. The summed E-state index contributed by atoms with van der Waals surface area (Å²) in [5.41, 5.74) is 0.873. The molecule has 7 heteroatoms. The first-order valence-electron chi connectivity index (χ1n) is 6.93. The van der Waals surface area contributed by atoms with E-state index in [1.54, 1.807) is 23.1 Å². The number of hydrogen-bond acceptors (Lipinski definition) is 4. The van der Waals surface area contributed by atoms with Gasteiger partial charge in [0, 0.05) is 33.2 Å². The van der Waals surface area contributed by atoms with E-state index >= 15 is 0 Å². The van der Waals surface area contributed by atoms with Gasteiger partial charge in [0.15, 0.2) is 0 Å². The molecule has 1 heterocycles. The Hall–Kier alpha value is -1.44. The third-order valence-corrected chi connectivity index (χ3v) is 5.32. The smallest absolute Gasteiger partial charge is 0.243 e. The Morgan fingerprint density at radius 1 is 1.33 bits per heavy atom. The number of carbonyl (C=O) groups is 1. The van der Waals surface area contributed by atoms with Gasteiger partial charge in [-0.3, -0.25) is 4.79 Å². The molecule has 1 aromatic rings. The molecule has 0 saturated carbocycles. The first-order valence-corrected chi connectivity index (χ1v) is 8.37. The molecule has 2 rings (SSSR count). The van der Waals surface area contributed by atoms with Gasteiger partial charge >= 0.3 is 0 Å². The van der Waals surface area contributed by atoms with Crippen LogP contribution in [0.15, 0.2) is 29.2 Å². The number of sulfonamides is 1.